The van der Waals surface area contributed by atoms with Crippen LogP contribution in [-0.2, 0) is 0 Å². The van der Waals surface area contributed by atoms with E-state index in [-0.39, 0.29) is 5.54 Å². The number of fused-ring (bicyclic) bond motifs is 1. The number of aliphatic hydroxyl groups is 1. The zero-order chi connectivity index (χ0) is 10.7. The van der Waals surface area contributed by atoms with Gasteiger partial charge in [0.2, 0.25) is 0 Å². The average molecular weight is 212 g/mol. The van der Waals surface area contributed by atoms with E-state index in [1.165, 1.54) is 38.8 Å². The fourth-order valence-electron chi connectivity index (χ4n) is 3.39. The number of hydrogen-bond donors (Lipinski definition) is 2. The van der Waals surface area contributed by atoms with Gasteiger partial charge < -0.3 is 10.4 Å². The molecule has 0 aromatic heterocycles. The summed E-state index contributed by atoms with van der Waals surface area (Å²) in [5.74, 6) is 0. The topological polar surface area (TPSA) is 35.5 Å². The maximum absolute atomic E-state index is 9.25. The van der Waals surface area contributed by atoms with Gasteiger partial charge >= 0.3 is 0 Å². The minimum absolute atomic E-state index is 0.223. The number of nitrogens with one attached hydrogen (secondary N) is 1. The van der Waals surface area contributed by atoms with Crippen molar-refractivity contribution >= 4 is 0 Å². The van der Waals surface area contributed by atoms with Crippen molar-refractivity contribution in [1.29, 1.82) is 0 Å². The summed E-state index contributed by atoms with van der Waals surface area (Å²) in [5, 5.41) is 13.0. The third kappa shape index (κ3) is 2.05. The molecule has 3 heteroatoms. The van der Waals surface area contributed by atoms with E-state index < -0.39 is 0 Å². The molecule has 2 unspecified atom stereocenters. The van der Waals surface area contributed by atoms with Gasteiger partial charge in [-0.05, 0) is 45.2 Å². The molecule has 3 nitrogen and oxygen atoms in total. The highest BCUT2D eigenvalue weighted by Gasteiger charge is 2.47. The Morgan fingerprint density at radius 2 is 2.33 bits per heavy atom. The molecular formula is C12H24N2O. The summed E-state index contributed by atoms with van der Waals surface area (Å²) >= 11 is 0. The fraction of sp³-hybridized carbons (Fsp3) is 1.00. The Hall–Kier alpha value is -0.120. The summed E-state index contributed by atoms with van der Waals surface area (Å²) in [6.45, 7) is 6.11. The lowest BCUT2D eigenvalue weighted by Crippen LogP contribution is -2.53. The molecule has 2 aliphatic rings. The second kappa shape index (κ2) is 4.81. The van der Waals surface area contributed by atoms with Crippen LogP contribution in [0.4, 0.5) is 0 Å². The van der Waals surface area contributed by atoms with Crippen LogP contribution in [0, 0.1) is 0 Å². The average Bonchev–Trinajstić information content (AvgIpc) is 2.80. The van der Waals surface area contributed by atoms with Gasteiger partial charge in [-0.3, -0.25) is 4.90 Å². The minimum atomic E-state index is 0.223. The molecule has 2 fully saturated rings. The van der Waals surface area contributed by atoms with Gasteiger partial charge in [0.1, 0.15) is 0 Å². The van der Waals surface area contributed by atoms with Crippen LogP contribution >= 0.6 is 0 Å². The monoisotopic (exact) mass is 212 g/mol. The van der Waals surface area contributed by atoms with Gasteiger partial charge in [-0.1, -0.05) is 6.92 Å². The highest BCUT2D eigenvalue weighted by molar-refractivity contribution is 5.07. The Kier molecular flexibility index (Phi) is 3.65. The third-order valence-corrected chi connectivity index (χ3v) is 4.13. The molecule has 0 aliphatic carbocycles. The molecule has 0 spiro atoms. The maximum atomic E-state index is 9.25. The van der Waals surface area contributed by atoms with E-state index in [0.29, 0.717) is 12.6 Å². The molecule has 2 saturated heterocycles. The third-order valence-electron chi connectivity index (χ3n) is 4.13. The van der Waals surface area contributed by atoms with Crippen molar-refractivity contribution < 1.29 is 5.11 Å². The molecule has 0 aromatic carbocycles. The molecular weight excluding hydrogens is 188 g/mol. The molecule has 2 heterocycles. The SMILES string of the molecule is CCCNC1(CCO)CCN2CCCC21. The standard InChI is InChI=1S/C12H24N2O/c1-2-7-13-12(6-10-15)5-9-14-8-3-4-11(12)14/h11,13,15H,2-10H2,1H3. The molecule has 0 aromatic rings. The lowest BCUT2D eigenvalue weighted by atomic mass is 9.85. The summed E-state index contributed by atoms with van der Waals surface area (Å²) < 4.78 is 0. The Morgan fingerprint density at radius 1 is 1.47 bits per heavy atom. The molecule has 15 heavy (non-hydrogen) atoms. The van der Waals surface area contributed by atoms with Crippen LogP contribution in [0.1, 0.15) is 39.0 Å². The van der Waals surface area contributed by atoms with Crippen molar-refractivity contribution in [3.8, 4) is 0 Å². The number of hydrogen-bond acceptors (Lipinski definition) is 3. The molecule has 2 rings (SSSR count). The first kappa shape index (κ1) is 11.4. The van der Waals surface area contributed by atoms with Gasteiger partial charge in [0.25, 0.3) is 0 Å². The minimum Gasteiger partial charge on any atom is -0.396 e. The highest BCUT2D eigenvalue weighted by atomic mass is 16.3. The summed E-state index contributed by atoms with van der Waals surface area (Å²) in [5.41, 5.74) is 0.223. The van der Waals surface area contributed by atoms with Crippen LogP contribution in [-0.4, -0.2) is 47.8 Å². The largest absolute Gasteiger partial charge is 0.396 e. The summed E-state index contributed by atoms with van der Waals surface area (Å²) in [6, 6.07) is 0.691. The molecule has 0 saturated carbocycles. The molecule has 88 valence electrons. The fourth-order valence-corrected chi connectivity index (χ4v) is 3.39. The van der Waals surface area contributed by atoms with Crippen LogP contribution < -0.4 is 5.32 Å². The van der Waals surface area contributed by atoms with Gasteiger partial charge in [-0.2, -0.15) is 0 Å². The lowest BCUT2D eigenvalue weighted by Gasteiger charge is -2.36. The first-order valence-electron chi connectivity index (χ1n) is 6.42. The van der Waals surface area contributed by atoms with E-state index in [1.54, 1.807) is 0 Å². The molecule has 0 bridgehead atoms. The first-order valence-corrected chi connectivity index (χ1v) is 6.42. The summed E-state index contributed by atoms with van der Waals surface area (Å²) in [7, 11) is 0. The van der Waals surface area contributed by atoms with Crippen LogP contribution in [0.15, 0.2) is 0 Å². The van der Waals surface area contributed by atoms with Crippen molar-refractivity contribution in [3.63, 3.8) is 0 Å². The molecule has 0 amide bonds. The van der Waals surface area contributed by atoms with Gasteiger partial charge in [-0.25, -0.2) is 0 Å². The number of rotatable bonds is 5. The molecule has 2 aliphatic heterocycles. The smallest absolute Gasteiger partial charge is 0.0449 e. The lowest BCUT2D eigenvalue weighted by molar-refractivity contribution is 0.168. The van der Waals surface area contributed by atoms with Gasteiger partial charge in [-0.15, -0.1) is 0 Å². The van der Waals surface area contributed by atoms with Crippen LogP contribution in [0.5, 0.6) is 0 Å². The predicted molar refractivity (Wildman–Crippen MR) is 61.9 cm³/mol. The van der Waals surface area contributed by atoms with E-state index in [0.717, 1.165) is 13.0 Å². The Morgan fingerprint density at radius 3 is 3.07 bits per heavy atom. The van der Waals surface area contributed by atoms with Crippen molar-refractivity contribution in [2.75, 3.05) is 26.2 Å². The summed E-state index contributed by atoms with van der Waals surface area (Å²) in [6.07, 6.45) is 5.98. The van der Waals surface area contributed by atoms with Crippen molar-refractivity contribution in [3.05, 3.63) is 0 Å². The Labute approximate surface area is 92.8 Å². The van der Waals surface area contributed by atoms with Gasteiger partial charge in [0, 0.05) is 24.7 Å². The predicted octanol–water partition coefficient (Wildman–Crippen LogP) is 0.975. The highest BCUT2D eigenvalue weighted by Crippen LogP contribution is 2.38. The second-order valence-electron chi connectivity index (χ2n) is 5.00. The van der Waals surface area contributed by atoms with Crippen molar-refractivity contribution in [2.24, 2.45) is 0 Å². The van der Waals surface area contributed by atoms with E-state index in [1.807, 2.05) is 0 Å². The number of aliphatic hydroxyl groups excluding tert-OH is 1. The van der Waals surface area contributed by atoms with Gasteiger partial charge in [0.15, 0.2) is 0 Å². The van der Waals surface area contributed by atoms with E-state index >= 15 is 0 Å². The van der Waals surface area contributed by atoms with Crippen molar-refractivity contribution in [1.82, 2.24) is 10.2 Å². The van der Waals surface area contributed by atoms with E-state index in [2.05, 4.69) is 17.1 Å². The first-order chi connectivity index (χ1) is 7.32. The zero-order valence-electron chi connectivity index (χ0n) is 9.84. The quantitative estimate of drug-likeness (QED) is 0.713. The second-order valence-corrected chi connectivity index (χ2v) is 5.00. The Bertz CT molecular complexity index is 206. The zero-order valence-corrected chi connectivity index (χ0v) is 9.84. The maximum Gasteiger partial charge on any atom is 0.0449 e. The molecule has 2 N–H and O–H groups in total. The summed E-state index contributed by atoms with van der Waals surface area (Å²) in [4.78, 5) is 2.61. The molecule has 2 atom stereocenters. The Balaban J connectivity index is 2.04. The van der Waals surface area contributed by atoms with Crippen molar-refractivity contribution in [2.45, 2.75) is 50.6 Å². The number of nitrogens with zero attached hydrogens (tertiary/aromatic N) is 1. The van der Waals surface area contributed by atoms with Crippen LogP contribution in [0.25, 0.3) is 0 Å². The van der Waals surface area contributed by atoms with Crippen LogP contribution in [0.2, 0.25) is 0 Å². The van der Waals surface area contributed by atoms with Crippen LogP contribution in [0.3, 0.4) is 0 Å². The van der Waals surface area contributed by atoms with E-state index in [4.69, 9.17) is 0 Å². The van der Waals surface area contributed by atoms with E-state index in [9.17, 15) is 5.11 Å². The molecule has 0 radical (unpaired) electrons. The normalized spacial score (nSPS) is 36.0. The van der Waals surface area contributed by atoms with Gasteiger partial charge in [0.05, 0.1) is 0 Å².